The molecule has 0 saturated carbocycles. The van der Waals surface area contributed by atoms with Crippen LogP contribution in [0, 0.1) is 11.6 Å². The van der Waals surface area contributed by atoms with Gasteiger partial charge in [0.15, 0.2) is 23.1 Å². The van der Waals surface area contributed by atoms with Gasteiger partial charge < -0.3 is 28.6 Å². The minimum absolute atomic E-state index is 0.0827. The molecule has 218 valence electrons. The van der Waals surface area contributed by atoms with Gasteiger partial charge in [0, 0.05) is 45.3 Å². The number of carbonyl (C=O) groups is 2. The fraction of sp³-hybridized carbons (Fsp3) is 0.367. The Morgan fingerprint density at radius 2 is 1.71 bits per heavy atom. The molecule has 41 heavy (non-hydrogen) atoms. The molecule has 2 aromatic carbocycles. The molecule has 0 spiro atoms. The maximum Gasteiger partial charge on any atom is 0.219 e. The second-order valence-corrected chi connectivity index (χ2v) is 9.74. The summed E-state index contributed by atoms with van der Waals surface area (Å²) in [5, 5.41) is -0.229. The van der Waals surface area contributed by atoms with Crippen molar-refractivity contribution in [2.24, 2.45) is 0 Å². The third-order valence-electron chi connectivity index (χ3n) is 7.30. The van der Waals surface area contributed by atoms with E-state index in [1.54, 1.807) is 28.9 Å². The number of ether oxygens (including phenoxy) is 3. The molecular formula is C30H33F2N3O6. The lowest BCUT2D eigenvalue weighted by Gasteiger charge is -2.40. The van der Waals surface area contributed by atoms with Gasteiger partial charge in [-0.3, -0.25) is 14.4 Å². The molecule has 1 aromatic heterocycles. The molecule has 1 atom stereocenters. The minimum atomic E-state index is -0.907. The van der Waals surface area contributed by atoms with E-state index in [-0.39, 0.29) is 53.7 Å². The van der Waals surface area contributed by atoms with Crippen LogP contribution in [0.3, 0.4) is 0 Å². The Morgan fingerprint density at radius 3 is 2.24 bits per heavy atom. The van der Waals surface area contributed by atoms with E-state index in [1.165, 1.54) is 51.2 Å². The van der Waals surface area contributed by atoms with Crippen molar-refractivity contribution >= 4 is 34.4 Å². The molecule has 0 aliphatic carbocycles. The highest BCUT2D eigenvalue weighted by Crippen LogP contribution is 2.38. The van der Waals surface area contributed by atoms with Gasteiger partial charge in [-0.1, -0.05) is 6.08 Å². The second kappa shape index (κ2) is 12.0. The number of piperazine rings is 1. The maximum absolute atomic E-state index is 16.0. The second-order valence-electron chi connectivity index (χ2n) is 9.74. The SMILES string of the molecule is CCn1cc(C(=O)/C=C/c2cc(OC)c(OC)c(OC)c2)c(=O)c2cc(F)c(N3CCN(C(C)=O)C(C)C3)c(F)c21. The number of methoxy groups -OCH3 is 3. The van der Waals surface area contributed by atoms with E-state index in [0.717, 1.165) is 6.07 Å². The van der Waals surface area contributed by atoms with Gasteiger partial charge in [-0.05, 0) is 43.7 Å². The zero-order valence-corrected chi connectivity index (χ0v) is 23.9. The Bertz CT molecular complexity index is 1570. The van der Waals surface area contributed by atoms with Crippen LogP contribution in [-0.2, 0) is 11.3 Å². The molecule has 0 N–H and O–H groups in total. The Labute approximate surface area is 236 Å². The molecule has 1 aliphatic rings. The van der Waals surface area contributed by atoms with Crippen molar-refractivity contribution < 1.29 is 32.6 Å². The first kappa shape index (κ1) is 29.6. The third-order valence-corrected chi connectivity index (χ3v) is 7.30. The smallest absolute Gasteiger partial charge is 0.219 e. The molecule has 0 bridgehead atoms. The van der Waals surface area contributed by atoms with Crippen LogP contribution in [-0.4, -0.2) is 68.2 Å². The van der Waals surface area contributed by atoms with E-state index in [4.69, 9.17) is 14.2 Å². The van der Waals surface area contributed by atoms with Crippen molar-refractivity contribution in [1.29, 1.82) is 0 Å². The number of allylic oxidation sites excluding steroid dienone is 1. The van der Waals surface area contributed by atoms with Crippen LogP contribution in [0.15, 0.2) is 35.3 Å². The van der Waals surface area contributed by atoms with Gasteiger partial charge in [-0.2, -0.15) is 0 Å². The highest BCUT2D eigenvalue weighted by atomic mass is 19.1. The standard InChI is InChI=1S/C30H33F2N3O6/c1-7-33-16-21(23(37)9-8-19-12-24(39-4)30(41-6)25(13-19)40-5)29(38)20-14-22(31)28(26(32)27(20)33)34-10-11-35(18(3)36)17(2)15-34/h8-9,12-14,16-17H,7,10-11,15H2,1-6H3/b9-8+. The normalized spacial score (nSPS) is 15.5. The highest BCUT2D eigenvalue weighted by Gasteiger charge is 2.30. The monoisotopic (exact) mass is 569 g/mol. The number of anilines is 1. The lowest BCUT2D eigenvalue weighted by Crippen LogP contribution is -2.54. The van der Waals surface area contributed by atoms with Gasteiger partial charge in [0.05, 0.1) is 37.8 Å². The zero-order chi connectivity index (χ0) is 30.0. The predicted molar refractivity (Wildman–Crippen MR) is 152 cm³/mol. The number of aromatic nitrogens is 1. The highest BCUT2D eigenvalue weighted by molar-refractivity contribution is 6.08. The number of halogens is 2. The number of hydrogen-bond acceptors (Lipinski definition) is 7. The maximum atomic E-state index is 16.0. The molecule has 1 unspecified atom stereocenters. The molecule has 1 saturated heterocycles. The van der Waals surface area contributed by atoms with Crippen molar-refractivity contribution in [2.75, 3.05) is 45.9 Å². The van der Waals surface area contributed by atoms with Crippen LogP contribution in [0.25, 0.3) is 17.0 Å². The quantitative estimate of drug-likeness (QED) is 0.296. The number of nitrogens with zero attached hydrogens (tertiary/aromatic N) is 3. The van der Waals surface area contributed by atoms with Crippen LogP contribution in [0.5, 0.6) is 17.2 Å². The first-order chi connectivity index (χ1) is 19.6. The number of ketones is 1. The molecular weight excluding hydrogens is 536 g/mol. The largest absolute Gasteiger partial charge is 0.493 e. The summed E-state index contributed by atoms with van der Waals surface area (Å²) in [6, 6.07) is 4.02. The first-order valence-corrected chi connectivity index (χ1v) is 13.2. The topological polar surface area (TPSA) is 90.3 Å². The van der Waals surface area contributed by atoms with Gasteiger partial charge in [-0.15, -0.1) is 0 Å². The Morgan fingerprint density at radius 1 is 1.05 bits per heavy atom. The van der Waals surface area contributed by atoms with Crippen LogP contribution in [0.4, 0.5) is 14.5 Å². The number of aryl methyl sites for hydroxylation is 1. The van der Waals surface area contributed by atoms with Crippen molar-refractivity contribution in [3.63, 3.8) is 0 Å². The number of amides is 1. The molecule has 0 radical (unpaired) electrons. The van der Waals surface area contributed by atoms with Crippen molar-refractivity contribution in [3.8, 4) is 17.2 Å². The number of hydrogen-bond donors (Lipinski definition) is 0. The number of rotatable bonds is 8. The van der Waals surface area contributed by atoms with E-state index in [2.05, 4.69) is 0 Å². The van der Waals surface area contributed by atoms with Crippen molar-refractivity contribution in [3.05, 3.63) is 63.5 Å². The van der Waals surface area contributed by atoms with Gasteiger partial charge in [-0.25, -0.2) is 8.78 Å². The number of carbonyl (C=O) groups excluding carboxylic acids is 2. The summed E-state index contributed by atoms with van der Waals surface area (Å²) in [7, 11) is 4.41. The predicted octanol–water partition coefficient (Wildman–Crippen LogP) is 4.28. The van der Waals surface area contributed by atoms with Gasteiger partial charge >= 0.3 is 0 Å². The summed E-state index contributed by atoms with van der Waals surface area (Å²) in [6.45, 7) is 6.03. The third kappa shape index (κ3) is 5.48. The van der Waals surface area contributed by atoms with Crippen LogP contribution < -0.4 is 24.5 Å². The molecule has 4 rings (SSSR count). The summed E-state index contributed by atoms with van der Waals surface area (Å²) in [5.74, 6) is -1.36. The van der Waals surface area contributed by atoms with Crippen LogP contribution >= 0.6 is 0 Å². The lowest BCUT2D eigenvalue weighted by atomic mass is 10.0. The zero-order valence-electron chi connectivity index (χ0n) is 23.9. The molecule has 3 aromatic rings. The summed E-state index contributed by atoms with van der Waals surface area (Å²) in [6.07, 6.45) is 3.99. The number of benzene rings is 2. The van der Waals surface area contributed by atoms with Crippen LogP contribution in [0.2, 0.25) is 0 Å². The summed E-state index contributed by atoms with van der Waals surface area (Å²) in [4.78, 5) is 41.6. The lowest BCUT2D eigenvalue weighted by molar-refractivity contribution is -0.131. The van der Waals surface area contributed by atoms with Crippen molar-refractivity contribution in [1.82, 2.24) is 9.47 Å². The first-order valence-electron chi connectivity index (χ1n) is 13.2. The molecule has 1 aliphatic heterocycles. The fourth-order valence-electron chi connectivity index (χ4n) is 5.28. The number of pyridine rings is 1. The molecule has 1 fully saturated rings. The fourth-order valence-corrected chi connectivity index (χ4v) is 5.28. The summed E-state index contributed by atoms with van der Waals surface area (Å²) < 4.78 is 48.8. The van der Waals surface area contributed by atoms with Crippen LogP contribution in [0.1, 0.15) is 36.7 Å². The van der Waals surface area contributed by atoms with E-state index >= 15 is 8.78 Å². The minimum Gasteiger partial charge on any atom is -0.493 e. The molecule has 11 heteroatoms. The Balaban J connectivity index is 1.75. The molecule has 9 nitrogen and oxygen atoms in total. The van der Waals surface area contributed by atoms with Gasteiger partial charge in [0.1, 0.15) is 11.5 Å². The Kier molecular flexibility index (Phi) is 8.65. The van der Waals surface area contributed by atoms with E-state index in [0.29, 0.717) is 29.4 Å². The molecule has 1 amide bonds. The molecule has 2 heterocycles. The number of fused-ring (bicyclic) bond motifs is 1. The van der Waals surface area contributed by atoms with Gasteiger partial charge in [0.25, 0.3) is 0 Å². The van der Waals surface area contributed by atoms with E-state index in [1.807, 2.05) is 6.92 Å². The summed E-state index contributed by atoms with van der Waals surface area (Å²) >= 11 is 0. The van der Waals surface area contributed by atoms with E-state index in [9.17, 15) is 14.4 Å². The Hall–Kier alpha value is -4.41. The van der Waals surface area contributed by atoms with E-state index < -0.39 is 22.8 Å². The van der Waals surface area contributed by atoms with Gasteiger partial charge in [0.2, 0.25) is 17.1 Å². The average molecular weight is 570 g/mol. The van der Waals surface area contributed by atoms with Crippen molar-refractivity contribution in [2.45, 2.75) is 33.4 Å². The summed E-state index contributed by atoms with van der Waals surface area (Å²) in [5.41, 5.74) is -0.789. The average Bonchev–Trinajstić information content (AvgIpc) is 2.95.